The molecule has 8 aromatic carbocycles. The second-order valence-electron chi connectivity index (χ2n) is 12.1. The zero-order valence-electron chi connectivity index (χ0n) is 24.8. The van der Waals surface area contributed by atoms with E-state index in [-0.39, 0.29) is 0 Å². The Morgan fingerprint density at radius 1 is 0.333 bits per heavy atom. The van der Waals surface area contributed by atoms with Crippen LogP contribution in [0, 0.1) is 0 Å². The van der Waals surface area contributed by atoms with Crippen LogP contribution in [0.1, 0.15) is 22.3 Å². The lowest BCUT2D eigenvalue weighted by atomic mass is 9.59. The third kappa shape index (κ3) is 3.86. The summed E-state index contributed by atoms with van der Waals surface area (Å²) in [6, 6.07) is 67.1. The van der Waals surface area contributed by atoms with Crippen LogP contribution in [0.3, 0.4) is 0 Å². The van der Waals surface area contributed by atoms with Gasteiger partial charge in [-0.3, -0.25) is 0 Å². The normalized spacial score (nSPS) is 13.1. The van der Waals surface area contributed by atoms with E-state index < -0.39 is 5.41 Å². The summed E-state index contributed by atoms with van der Waals surface area (Å²) in [5, 5.41) is 5.20. The zero-order valence-corrected chi connectivity index (χ0v) is 24.8. The van der Waals surface area contributed by atoms with E-state index in [0.29, 0.717) is 0 Å². The van der Waals surface area contributed by atoms with E-state index in [0.717, 1.165) is 0 Å². The summed E-state index contributed by atoms with van der Waals surface area (Å²) < 4.78 is 0. The van der Waals surface area contributed by atoms with Gasteiger partial charge in [0.2, 0.25) is 0 Å². The summed E-state index contributed by atoms with van der Waals surface area (Å²) in [6.07, 6.45) is 0. The summed E-state index contributed by atoms with van der Waals surface area (Å²) in [5.74, 6) is 0. The van der Waals surface area contributed by atoms with Gasteiger partial charge in [0.25, 0.3) is 0 Å². The molecule has 0 unspecified atom stereocenters. The molecule has 0 heterocycles. The molecule has 1 aliphatic rings. The zero-order chi connectivity index (χ0) is 29.8. The number of rotatable bonds is 4. The lowest BCUT2D eigenvalue weighted by Crippen LogP contribution is -2.34. The first-order valence-corrected chi connectivity index (χ1v) is 15.7. The van der Waals surface area contributed by atoms with E-state index in [1.807, 2.05) is 0 Å². The Balaban J connectivity index is 1.39. The maximum Gasteiger partial charge on any atom is 0.0713 e. The maximum absolute atomic E-state index is 2.37. The molecule has 8 aromatic rings. The molecule has 45 heavy (non-hydrogen) atoms. The van der Waals surface area contributed by atoms with Crippen molar-refractivity contribution in [1.82, 2.24) is 0 Å². The maximum atomic E-state index is 2.37. The molecular formula is C45H30. The van der Waals surface area contributed by atoms with Gasteiger partial charge in [-0.25, -0.2) is 0 Å². The molecule has 0 aromatic heterocycles. The van der Waals surface area contributed by atoms with Crippen molar-refractivity contribution in [3.8, 4) is 33.4 Å². The predicted octanol–water partition coefficient (Wildman–Crippen LogP) is 11.7. The molecule has 0 heteroatoms. The van der Waals surface area contributed by atoms with Crippen LogP contribution in [-0.4, -0.2) is 0 Å². The summed E-state index contributed by atoms with van der Waals surface area (Å²) in [6.45, 7) is 0. The van der Waals surface area contributed by atoms with Crippen LogP contribution in [0.15, 0.2) is 182 Å². The molecule has 0 N–H and O–H groups in total. The van der Waals surface area contributed by atoms with Gasteiger partial charge < -0.3 is 0 Å². The van der Waals surface area contributed by atoms with Gasteiger partial charge in [0.05, 0.1) is 5.41 Å². The molecule has 0 radical (unpaired) electrons. The molecule has 0 atom stereocenters. The Morgan fingerprint density at radius 2 is 0.822 bits per heavy atom. The average molecular weight is 571 g/mol. The molecule has 0 nitrogen and oxygen atoms in total. The van der Waals surface area contributed by atoms with Crippen molar-refractivity contribution >= 4 is 21.5 Å². The highest BCUT2D eigenvalue weighted by Gasteiger charge is 2.44. The fourth-order valence-electron chi connectivity index (χ4n) is 7.76. The van der Waals surface area contributed by atoms with Crippen LogP contribution in [-0.2, 0) is 5.41 Å². The van der Waals surface area contributed by atoms with Crippen LogP contribution in [0.2, 0.25) is 0 Å². The summed E-state index contributed by atoms with van der Waals surface area (Å²) >= 11 is 0. The van der Waals surface area contributed by atoms with Crippen molar-refractivity contribution in [3.05, 3.63) is 204 Å². The Kier molecular flexibility index (Phi) is 5.83. The van der Waals surface area contributed by atoms with Crippen LogP contribution in [0.5, 0.6) is 0 Å². The van der Waals surface area contributed by atoms with Crippen LogP contribution in [0.4, 0.5) is 0 Å². The van der Waals surface area contributed by atoms with E-state index in [1.165, 1.54) is 77.2 Å². The molecule has 210 valence electrons. The second kappa shape index (κ2) is 10.2. The quantitative estimate of drug-likeness (QED) is 0.185. The molecular weight excluding hydrogens is 540 g/mol. The first kappa shape index (κ1) is 25.7. The SMILES string of the molecule is c1ccc(-c2ccc(C3(c4ccc(-c5ccccc5)cc4)c4ccccc4-c4c5ccccc5cc5cccc3c45)cc2)cc1. The van der Waals surface area contributed by atoms with Gasteiger partial charge in [-0.2, -0.15) is 0 Å². The van der Waals surface area contributed by atoms with E-state index in [9.17, 15) is 0 Å². The van der Waals surface area contributed by atoms with Crippen molar-refractivity contribution in [1.29, 1.82) is 0 Å². The van der Waals surface area contributed by atoms with Crippen LogP contribution in [0.25, 0.3) is 54.9 Å². The largest absolute Gasteiger partial charge is 0.0713 e. The average Bonchev–Trinajstić information content (AvgIpc) is 3.13. The Hall–Kier alpha value is -5.72. The minimum atomic E-state index is -0.504. The van der Waals surface area contributed by atoms with Crippen molar-refractivity contribution < 1.29 is 0 Å². The smallest absolute Gasteiger partial charge is 0.0622 e. The lowest BCUT2D eigenvalue weighted by Gasteiger charge is -2.42. The van der Waals surface area contributed by atoms with Crippen LogP contribution < -0.4 is 0 Å². The van der Waals surface area contributed by atoms with E-state index in [4.69, 9.17) is 0 Å². The van der Waals surface area contributed by atoms with Gasteiger partial charge in [0.15, 0.2) is 0 Å². The van der Waals surface area contributed by atoms with Gasteiger partial charge in [-0.05, 0) is 83.2 Å². The first-order valence-electron chi connectivity index (χ1n) is 15.7. The predicted molar refractivity (Wildman–Crippen MR) is 190 cm³/mol. The third-order valence-electron chi connectivity index (χ3n) is 9.74. The van der Waals surface area contributed by atoms with Gasteiger partial charge in [0.1, 0.15) is 0 Å². The minimum Gasteiger partial charge on any atom is -0.0622 e. The molecule has 0 bridgehead atoms. The number of fused-ring (bicyclic) bond motifs is 4. The Bertz CT molecular complexity index is 2250. The van der Waals surface area contributed by atoms with Gasteiger partial charge in [0, 0.05) is 0 Å². The number of hydrogen-bond donors (Lipinski definition) is 0. The van der Waals surface area contributed by atoms with E-state index >= 15 is 0 Å². The van der Waals surface area contributed by atoms with Crippen molar-refractivity contribution in [2.75, 3.05) is 0 Å². The lowest BCUT2D eigenvalue weighted by molar-refractivity contribution is 0.750. The van der Waals surface area contributed by atoms with Gasteiger partial charge >= 0.3 is 0 Å². The number of benzene rings is 8. The minimum absolute atomic E-state index is 0.504. The fourth-order valence-corrected chi connectivity index (χ4v) is 7.76. The molecule has 0 amide bonds. The summed E-state index contributed by atoms with van der Waals surface area (Å²) in [4.78, 5) is 0. The number of hydrogen-bond acceptors (Lipinski definition) is 0. The second-order valence-corrected chi connectivity index (χ2v) is 12.1. The fraction of sp³-hybridized carbons (Fsp3) is 0.0222. The molecule has 0 saturated heterocycles. The summed E-state index contributed by atoms with van der Waals surface area (Å²) in [7, 11) is 0. The molecule has 1 aliphatic carbocycles. The Morgan fingerprint density at radius 3 is 1.47 bits per heavy atom. The first-order chi connectivity index (χ1) is 22.3. The Labute approximate surface area is 263 Å². The molecule has 0 saturated carbocycles. The molecule has 0 spiro atoms. The molecule has 9 rings (SSSR count). The topological polar surface area (TPSA) is 0 Å². The van der Waals surface area contributed by atoms with E-state index in [1.54, 1.807) is 0 Å². The highest BCUT2D eigenvalue weighted by Crippen LogP contribution is 2.56. The highest BCUT2D eigenvalue weighted by molar-refractivity contribution is 6.16. The standard InChI is InChI=1S/C45H30/c1-3-12-31(13-4-1)33-22-26-37(27-23-33)45(38-28-24-34(25-29-38)32-14-5-2-6-15-32)41-20-10-9-19-40(41)44-39-18-8-7-16-35(39)30-36-17-11-21-42(45)43(36)44/h1-30H. The third-order valence-corrected chi connectivity index (χ3v) is 9.74. The highest BCUT2D eigenvalue weighted by atomic mass is 14.5. The molecule has 0 fully saturated rings. The summed E-state index contributed by atoms with van der Waals surface area (Å²) in [5.41, 5.74) is 12.2. The monoisotopic (exact) mass is 570 g/mol. The van der Waals surface area contributed by atoms with Crippen molar-refractivity contribution in [2.45, 2.75) is 5.41 Å². The van der Waals surface area contributed by atoms with Crippen molar-refractivity contribution in [3.63, 3.8) is 0 Å². The van der Waals surface area contributed by atoms with E-state index in [2.05, 4.69) is 182 Å². The van der Waals surface area contributed by atoms with Gasteiger partial charge in [-0.15, -0.1) is 0 Å². The molecule has 0 aliphatic heterocycles. The van der Waals surface area contributed by atoms with Crippen LogP contribution >= 0.6 is 0 Å². The van der Waals surface area contributed by atoms with Gasteiger partial charge in [-0.1, -0.05) is 176 Å². The van der Waals surface area contributed by atoms with Crippen molar-refractivity contribution in [2.24, 2.45) is 0 Å².